The maximum atomic E-state index is 12.0. The summed E-state index contributed by atoms with van der Waals surface area (Å²) in [5.41, 5.74) is 8.70. The average molecular weight is 575 g/mol. The Balaban J connectivity index is 0.000000207. The molecule has 0 fully saturated rings. The number of primary amides is 1. The fraction of sp³-hybridized carbons (Fsp3) is 0.182. The van der Waals surface area contributed by atoms with Gasteiger partial charge in [-0.3, -0.25) is 14.6 Å². The zero-order chi connectivity index (χ0) is 30.0. The predicted octanol–water partition coefficient (Wildman–Crippen LogP) is 4.23. The molecule has 43 heavy (non-hydrogen) atoms. The molecule has 10 heteroatoms. The Morgan fingerprint density at radius 1 is 1.05 bits per heavy atom. The van der Waals surface area contributed by atoms with Crippen molar-refractivity contribution >= 4 is 28.4 Å². The SMILES string of the molecule is CN1C(=O)CCOc2ccc(C#CCCOc3ccc4ncccc4c3)cc21.NC(=O)c1ncn(Cc2ccccc2)n1. The van der Waals surface area contributed by atoms with E-state index in [-0.39, 0.29) is 11.7 Å². The second-order valence-electron chi connectivity index (χ2n) is 9.61. The summed E-state index contributed by atoms with van der Waals surface area (Å²) in [6.07, 6.45) is 4.26. The number of carbonyl (C=O) groups excluding carboxylic acids is 2. The molecule has 0 aliphatic carbocycles. The molecule has 2 N–H and O–H groups in total. The van der Waals surface area contributed by atoms with E-state index in [9.17, 15) is 9.59 Å². The van der Waals surface area contributed by atoms with Crippen LogP contribution in [0.1, 0.15) is 34.6 Å². The minimum Gasteiger partial charge on any atom is -0.493 e. The van der Waals surface area contributed by atoms with Crippen molar-refractivity contribution in [3.8, 4) is 23.3 Å². The maximum Gasteiger partial charge on any atom is 0.288 e. The van der Waals surface area contributed by atoms with Crippen molar-refractivity contribution in [2.45, 2.75) is 19.4 Å². The van der Waals surface area contributed by atoms with Crippen molar-refractivity contribution in [3.63, 3.8) is 0 Å². The van der Waals surface area contributed by atoms with Gasteiger partial charge in [0.25, 0.3) is 5.91 Å². The normalized spacial score (nSPS) is 12.1. The van der Waals surface area contributed by atoms with Gasteiger partial charge in [0.2, 0.25) is 11.7 Å². The van der Waals surface area contributed by atoms with E-state index in [0.29, 0.717) is 38.3 Å². The van der Waals surface area contributed by atoms with Crippen LogP contribution in [0, 0.1) is 11.8 Å². The summed E-state index contributed by atoms with van der Waals surface area (Å²) in [7, 11) is 1.76. The first-order valence-electron chi connectivity index (χ1n) is 13.7. The summed E-state index contributed by atoms with van der Waals surface area (Å²) >= 11 is 0. The number of nitrogens with two attached hydrogens (primary N) is 1. The Hall–Kier alpha value is -5.69. The van der Waals surface area contributed by atoms with Gasteiger partial charge in [-0.25, -0.2) is 9.67 Å². The maximum absolute atomic E-state index is 12.0. The largest absolute Gasteiger partial charge is 0.493 e. The molecule has 1 aliphatic heterocycles. The number of pyridine rings is 1. The van der Waals surface area contributed by atoms with Crippen molar-refractivity contribution in [3.05, 3.63) is 108 Å². The van der Waals surface area contributed by atoms with Crippen LogP contribution in [0.25, 0.3) is 10.9 Å². The Morgan fingerprint density at radius 3 is 2.72 bits per heavy atom. The van der Waals surface area contributed by atoms with Crippen LogP contribution in [-0.4, -0.2) is 51.8 Å². The minimum atomic E-state index is -0.609. The first kappa shape index (κ1) is 28.8. The lowest BCUT2D eigenvalue weighted by Crippen LogP contribution is -2.25. The number of fused-ring (bicyclic) bond motifs is 2. The highest BCUT2D eigenvalue weighted by Gasteiger charge is 2.19. The molecular weight excluding hydrogens is 544 g/mol. The molecule has 216 valence electrons. The molecule has 0 saturated heterocycles. The van der Waals surface area contributed by atoms with Gasteiger partial charge in [-0.1, -0.05) is 48.2 Å². The van der Waals surface area contributed by atoms with Crippen molar-refractivity contribution in [1.82, 2.24) is 19.7 Å². The molecule has 3 aromatic carbocycles. The van der Waals surface area contributed by atoms with E-state index in [0.717, 1.165) is 33.5 Å². The Morgan fingerprint density at radius 2 is 1.91 bits per heavy atom. The van der Waals surface area contributed by atoms with E-state index in [2.05, 4.69) is 26.9 Å². The highest BCUT2D eigenvalue weighted by Crippen LogP contribution is 2.31. The van der Waals surface area contributed by atoms with Crippen LogP contribution < -0.4 is 20.1 Å². The second kappa shape index (κ2) is 13.8. The third kappa shape index (κ3) is 7.74. The molecule has 0 bridgehead atoms. The van der Waals surface area contributed by atoms with Gasteiger partial charge in [0.15, 0.2) is 0 Å². The fourth-order valence-electron chi connectivity index (χ4n) is 4.31. The highest BCUT2D eigenvalue weighted by molar-refractivity contribution is 5.95. The van der Waals surface area contributed by atoms with Crippen LogP contribution in [0.3, 0.4) is 0 Å². The van der Waals surface area contributed by atoms with Gasteiger partial charge < -0.3 is 20.1 Å². The van der Waals surface area contributed by atoms with Crippen LogP contribution in [0.4, 0.5) is 5.69 Å². The van der Waals surface area contributed by atoms with E-state index in [4.69, 9.17) is 15.2 Å². The number of nitrogens with zero attached hydrogens (tertiary/aromatic N) is 5. The third-order valence-electron chi connectivity index (χ3n) is 6.52. The second-order valence-corrected chi connectivity index (χ2v) is 9.61. The first-order chi connectivity index (χ1) is 21.0. The summed E-state index contributed by atoms with van der Waals surface area (Å²) in [5.74, 6) is 7.27. The molecule has 5 aromatic rings. The molecule has 2 aromatic heterocycles. The smallest absolute Gasteiger partial charge is 0.288 e. The molecule has 0 unspecified atom stereocenters. The van der Waals surface area contributed by atoms with Crippen molar-refractivity contribution in [2.75, 3.05) is 25.2 Å². The summed E-state index contributed by atoms with van der Waals surface area (Å²) in [5, 5.41) is 4.99. The summed E-state index contributed by atoms with van der Waals surface area (Å²) < 4.78 is 13.0. The highest BCUT2D eigenvalue weighted by atomic mass is 16.5. The zero-order valence-corrected chi connectivity index (χ0v) is 23.6. The van der Waals surface area contributed by atoms with E-state index in [1.807, 2.05) is 78.9 Å². The minimum absolute atomic E-state index is 0.0443. The first-order valence-corrected chi connectivity index (χ1v) is 13.7. The molecule has 0 spiro atoms. The molecule has 6 rings (SSSR count). The Kier molecular flexibility index (Phi) is 9.24. The number of ether oxygens (including phenoxy) is 2. The number of hydrogen-bond acceptors (Lipinski definition) is 7. The van der Waals surface area contributed by atoms with Gasteiger partial charge in [0.05, 0.1) is 37.4 Å². The number of anilines is 1. The fourth-order valence-corrected chi connectivity index (χ4v) is 4.31. The number of hydrogen-bond donors (Lipinski definition) is 1. The number of rotatable bonds is 6. The zero-order valence-electron chi connectivity index (χ0n) is 23.6. The number of benzene rings is 3. The van der Waals surface area contributed by atoms with Crippen LogP contribution in [0.2, 0.25) is 0 Å². The molecule has 0 radical (unpaired) electrons. The van der Waals surface area contributed by atoms with Gasteiger partial charge in [-0.15, -0.1) is 5.10 Å². The van der Waals surface area contributed by atoms with E-state index >= 15 is 0 Å². The van der Waals surface area contributed by atoms with Crippen LogP contribution in [-0.2, 0) is 11.3 Å². The van der Waals surface area contributed by atoms with Crippen molar-refractivity contribution in [1.29, 1.82) is 0 Å². The summed E-state index contributed by atoms with van der Waals surface area (Å²) in [4.78, 5) is 32.5. The number of amides is 2. The monoisotopic (exact) mass is 574 g/mol. The number of aromatic nitrogens is 4. The standard InChI is InChI=1S/C23H20N2O3.C10H10N4O/c1-25-21-15-17(7-10-22(21)28-14-11-23(25)26)5-2-3-13-27-19-8-9-20-18(16-19)6-4-12-24-20;11-9(15)10-12-7-14(13-10)6-8-4-2-1-3-5-8/h4,6-10,12,15-16H,3,11,13-14H2,1H3;1-5,7H,6H2,(H2,11,15). The lowest BCUT2D eigenvalue weighted by atomic mass is 10.1. The lowest BCUT2D eigenvalue weighted by molar-refractivity contribution is -0.118. The quantitative estimate of drug-likeness (QED) is 0.238. The van der Waals surface area contributed by atoms with Gasteiger partial charge in [-0.2, -0.15) is 0 Å². The predicted molar refractivity (Wildman–Crippen MR) is 163 cm³/mol. The molecule has 2 amide bonds. The van der Waals surface area contributed by atoms with Gasteiger partial charge in [0.1, 0.15) is 17.8 Å². The topological polar surface area (TPSA) is 125 Å². The Labute approximate surface area is 249 Å². The number of carbonyl (C=O) groups is 2. The van der Waals surface area contributed by atoms with Crippen LogP contribution in [0.5, 0.6) is 11.5 Å². The summed E-state index contributed by atoms with van der Waals surface area (Å²) in [6.45, 7) is 1.50. The lowest BCUT2D eigenvalue weighted by Gasteiger charge is -2.16. The molecule has 0 saturated carbocycles. The molecular formula is C33H30N6O4. The van der Waals surface area contributed by atoms with E-state index in [1.165, 1.54) is 6.33 Å². The molecule has 0 atom stereocenters. The van der Waals surface area contributed by atoms with Crippen LogP contribution >= 0.6 is 0 Å². The van der Waals surface area contributed by atoms with E-state index < -0.39 is 5.91 Å². The van der Waals surface area contributed by atoms with Crippen molar-refractivity contribution in [2.24, 2.45) is 5.73 Å². The molecule has 1 aliphatic rings. The van der Waals surface area contributed by atoms with E-state index in [1.54, 1.807) is 22.8 Å². The molecule has 10 nitrogen and oxygen atoms in total. The molecule has 3 heterocycles. The Bertz CT molecular complexity index is 1790. The van der Waals surface area contributed by atoms with Crippen molar-refractivity contribution < 1.29 is 19.1 Å². The van der Waals surface area contributed by atoms with Gasteiger partial charge in [-0.05, 0) is 48.0 Å². The van der Waals surface area contributed by atoms with Gasteiger partial charge >= 0.3 is 0 Å². The van der Waals surface area contributed by atoms with Gasteiger partial charge in [0, 0.05) is 30.6 Å². The van der Waals surface area contributed by atoms with Crippen LogP contribution in [0.15, 0.2) is 91.4 Å². The summed E-state index contributed by atoms with van der Waals surface area (Å²) in [6, 6.07) is 25.2. The average Bonchev–Trinajstić information content (AvgIpc) is 3.45. The third-order valence-corrected chi connectivity index (χ3v) is 6.52.